The number of benzene rings is 1. The molecule has 0 saturated carbocycles. The molecule has 1 heterocycles. The molecule has 0 amide bonds. The van der Waals surface area contributed by atoms with Crippen LogP contribution in [0.25, 0.3) is 10.9 Å². The van der Waals surface area contributed by atoms with E-state index in [1.807, 2.05) is 25.1 Å². The van der Waals surface area contributed by atoms with Gasteiger partial charge in [0, 0.05) is 18.1 Å². The van der Waals surface area contributed by atoms with Gasteiger partial charge in [0.05, 0.1) is 12.1 Å². The molecule has 0 spiro atoms. The number of rotatable bonds is 8. The second kappa shape index (κ2) is 7.81. The molecule has 2 rings (SSSR count). The maximum Gasteiger partial charge on any atom is 0.248 e. The van der Waals surface area contributed by atoms with E-state index in [1.54, 1.807) is 6.07 Å². The Morgan fingerprint density at radius 1 is 1.33 bits per heavy atom. The van der Waals surface area contributed by atoms with Crippen molar-refractivity contribution in [2.75, 3.05) is 26.3 Å². The van der Waals surface area contributed by atoms with Crippen LogP contribution in [-0.2, 0) is 0 Å². The standard InChI is InChI=1S/C16H22N2O3/c1-12(11-19)10-17-8-3-9-21-14-5-2-4-13-6-7-15(20)18-16(13)14/h2,4-7,12,17,19H,3,8-11H2,1H3,(H,18,20). The summed E-state index contributed by atoms with van der Waals surface area (Å²) in [4.78, 5) is 14.2. The van der Waals surface area contributed by atoms with Crippen LogP contribution < -0.4 is 15.6 Å². The Kier molecular flexibility index (Phi) is 5.78. The highest BCUT2D eigenvalue weighted by Gasteiger charge is 2.03. The molecule has 21 heavy (non-hydrogen) atoms. The molecular weight excluding hydrogens is 268 g/mol. The van der Waals surface area contributed by atoms with Crippen LogP contribution in [0.3, 0.4) is 0 Å². The average Bonchev–Trinajstić information content (AvgIpc) is 2.50. The molecule has 5 heteroatoms. The van der Waals surface area contributed by atoms with E-state index in [4.69, 9.17) is 9.84 Å². The van der Waals surface area contributed by atoms with E-state index in [-0.39, 0.29) is 18.1 Å². The first-order chi connectivity index (χ1) is 10.2. The van der Waals surface area contributed by atoms with Crippen LogP contribution in [0.4, 0.5) is 0 Å². The molecule has 5 nitrogen and oxygen atoms in total. The van der Waals surface area contributed by atoms with Gasteiger partial charge in [0.25, 0.3) is 0 Å². The highest BCUT2D eigenvalue weighted by Crippen LogP contribution is 2.21. The topological polar surface area (TPSA) is 74.3 Å². The van der Waals surface area contributed by atoms with Gasteiger partial charge in [-0.3, -0.25) is 4.79 Å². The summed E-state index contributed by atoms with van der Waals surface area (Å²) in [7, 11) is 0. The third kappa shape index (κ3) is 4.58. The number of fused-ring (bicyclic) bond motifs is 1. The number of aromatic nitrogens is 1. The average molecular weight is 290 g/mol. The summed E-state index contributed by atoms with van der Waals surface area (Å²) in [6.07, 6.45) is 0.867. The molecule has 0 aliphatic rings. The fourth-order valence-electron chi connectivity index (χ4n) is 2.06. The fraction of sp³-hybridized carbons (Fsp3) is 0.438. The molecule has 1 unspecified atom stereocenters. The quantitative estimate of drug-likeness (QED) is 0.644. The van der Waals surface area contributed by atoms with Crippen LogP contribution in [0.2, 0.25) is 0 Å². The molecule has 1 aromatic heterocycles. The lowest BCUT2D eigenvalue weighted by atomic mass is 10.2. The summed E-state index contributed by atoms with van der Waals surface area (Å²) in [6.45, 7) is 4.42. The Labute approximate surface area is 124 Å². The number of aromatic amines is 1. The van der Waals surface area contributed by atoms with Gasteiger partial charge in [-0.15, -0.1) is 0 Å². The lowest BCUT2D eigenvalue weighted by molar-refractivity contribution is 0.232. The Hall–Kier alpha value is -1.85. The minimum Gasteiger partial charge on any atom is -0.491 e. The number of aliphatic hydroxyl groups excluding tert-OH is 1. The maximum atomic E-state index is 11.4. The predicted octanol–water partition coefficient (Wildman–Crippen LogP) is 1.51. The summed E-state index contributed by atoms with van der Waals surface area (Å²) in [6, 6.07) is 9.02. The van der Waals surface area contributed by atoms with Gasteiger partial charge in [-0.05, 0) is 37.6 Å². The smallest absolute Gasteiger partial charge is 0.248 e. The minimum atomic E-state index is -0.127. The highest BCUT2D eigenvalue weighted by atomic mass is 16.5. The van der Waals surface area contributed by atoms with Crippen LogP contribution in [0.1, 0.15) is 13.3 Å². The molecule has 0 bridgehead atoms. The van der Waals surface area contributed by atoms with Gasteiger partial charge < -0.3 is 20.1 Å². The molecule has 2 aromatic rings. The normalized spacial score (nSPS) is 12.5. The first-order valence-electron chi connectivity index (χ1n) is 7.27. The fourth-order valence-corrected chi connectivity index (χ4v) is 2.06. The number of pyridine rings is 1. The van der Waals surface area contributed by atoms with Crippen LogP contribution in [0, 0.1) is 5.92 Å². The lowest BCUT2D eigenvalue weighted by Crippen LogP contribution is -2.25. The van der Waals surface area contributed by atoms with E-state index in [2.05, 4.69) is 10.3 Å². The van der Waals surface area contributed by atoms with Crippen molar-refractivity contribution in [3.8, 4) is 5.75 Å². The van der Waals surface area contributed by atoms with Crippen molar-refractivity contribution in [3.63, 3.8) is 0 Å². The van der Waals surface area contributed by atoms with Crippen molar-refractivity contribution in [1.29, 1.82) is 0 Å². The van der Waals surface area contributed by atoms with Crippen molar-refractivity contribution < 1.29 is 9.84 Å². The van der Waals surface area contributed by atoms with Gasteiger partial charge in [-0.1, -0.05) is 19.1 Å². The molecular formula is C16H22N2O3. The number of hydrogen-bond donors (Lipinski definition) is 3. The van der Waals surface area contributed by atoms with Crippen LogP contribution in [0.15, 0.2) is 35.1 Å². The van der Waals surface area contributed by atoms with E-state index < -0.39 is 0 Å². The van der Waals surface area contributed by atoms with Crippen LogP contribution >= 0.6 is 0 Å². The van der Waals surface area contributed by atoms with E-state index in [9.17, 15) is 4.79 Å². The molecule has 0 aliphatic heterocycles. The summed E-state index contributed by atoms with van der Waals surface area (Å²) >= 11 is 0. The highest BCUT2D eigenvalue weighted by molar-refractivity contribution is 5.84. The van der Waals surface area contributed by atoms with Crippen molar-refractivity contribution in [2.45, 2.75) is 13.3 Å². The van der Waals surface area contributed by atoms with Crippen molar-refractivity contribution >= 4 is 10.9 Å². The van der Waals surface area contributed by atoms with Crippen molar-refractivity contribution in [2.24, 2.45) is 5.92 Å². The minimum absolute atomic E-state index is 0.127. The largest absolute Gasteiger partial charge is 0.491 e. The van der Waals surface area contributed by atoms with Crippen LogP contribution in [-0.4, -0.2) is 36.4 Å². The molecule has 0 fully saturated rings. The Bertz CT molecular complexity index is 624. The summed E-state index contributed by atoms with van der Waals surface area (Å²) in [5.41, 5.74) is 0.616. The van der Waals surface area contributed by atoms with E-state index in [0.717, 1.165) is 30.4 Å². The van der Waals surface area contributed by atoms with Crippen molar-refractivity contribution in [1.82, 2.24) is 10.3 Å². The van der Waals surface area contributed by atoms with Gasteiger partial charge in [0.1, 0.15) is 5.75 Å². The molecule has 1 atom stereocenters. The number of nitrogens with one attached hydrogen (secondary N) is 2. The van der Waals surface area contributed by atoms with Gasteiger partial charge in [0.15, 0.2) is 0 Å². The predicted molar refractivity (Wildman–Crippen MR) is 83.8 cm³/mol. The third-order valence-corrected chi connectivity index (χ3v) is 3.28. The molecule has 0 saturated heterocycles. The van der Waals surface area contributed by atoms with E-state index >= 15 is 0 Å². The summed E-state index contributed by atoms with van der Waals surface area (Å²) in [5.74, 6) is 0.975. The number of aliphatic hydroxyl groups is 1. The first-order valence-corrected chi connectivity index (χ1v) is 7.27. The van der Waals surface area contributed by atoms with E-state index in [0.29, 0.717) is 12.4 Å². The lowest BCUT2D eigenvalue weighted by Gasteiger charge is -2.11. The Morgan fingerprint density at radius 2 is 2.19 bits per heavy atom. The zero-order valence-electron chi connectivity index (χ0n) is 12.3. The van der Waals surface area contributed by atoms with Crippen LogP contribution in [0.5, 0.6) is 5.75 Å². The summed E-state index contributed by atoms with van der Waals surface area (Å²) < 4.78 is 5.75. The van der Waals surface area contributed by atoms with Gasteiger partial charge >= 0.3 is 0 Å². The molecule has 3 N–H and O–H groups in total. The van der Waals surface area contributed by atoms with Gasteiger partial charge in [0.2, 0.25) is 5.56 Å². The Morgan fingerprint density at radius 3 is 3.00 bits per heavy atom. The Balaban J connectivity index is 1.84. The second-order valence-electron chi connectivity index (χ2n) is 5.24. The molecule has 114 valence electrons. The number of para-hydroxylation sites is 1. The SMILES string of the molecule is CC(CO)CNCCCOc1cccc2ccc(=O)[nH]c12. The molecule has 1 aromatic carbocycles. The maximum absolute atomic E-state index is 11.4. The second-order valence-corrected chi connectivity index (χ2v) is 5.24. The van der Waals surface area contributed by atoms with Gasteiger partial charge in [-0.25, -0.2) is 0 Å². The number of ether oxygens (including phenoxy) is 1. The number of H-pyrrole nitrogens is 1. The third-order valence-electron chi connectivity index (χ3n) is 3.28. The molecule has 0 radical (unpaired) electrons. The van der Waals surface area contributed by atoms with Gasteiger partial charge in [-0.2, -0.15) is 0 Å². The first kappa shape index (κ1) is 15.5. The number of hydrogen-bond acceptors (Lipinski definition) is 4. The molecule has 0 aliphatic carbocycles. The van der Waals surface area contributed by atoms with E-state index in [1.165, 1.54) is 6.07 Å². The monoisotopic (exact) mass is 290 g/mol. The van der Waals surface area contributed by atoms with Crippen molar-refractivity contribution in [3.05, 3.63) is 40.7 Å². The zero-order chi connectivity index (χ0) is 15.1. The summed E-state index contributed by atoms with van der Waals surface area (Å²) in [5, 5.41) is 13.1. The zero-order valence-corrected chi connectivity index (χ0v) is 12.3.